The maximum Gasteiger partial charge on any atom is 0.416 e. The molecule has 0 saturated carbocycles. The van der Waals surface area contributed by atoms with Gasteiger partial charge in [0.1, 0.15) is 6.04 Å². The Balaban J connectivity index is 1.57. The van der Waals surface area contributed by atoms with E-state index in [0.717, 1.165) is 37.6 Å². The molecule has 7 heteroatoms. The first-order valence-electron chi connectivity index (χ1n) is 11.2. The molecule has 0 radical (unpaired) electrons. The van der Waals surface area contributed by atoms with Crippen molar-refractivity contribution in [2.45, 2.75) is 43.3 Å². The summed E-state index contributed by atoms with van der Waals surface area (Å²) in [7, 11) is 0. The van der Waals surface area contributed by atoms with Gasteiger partial charge in [0.05, 0.1) is 5.56 Å². The summed E-state index contributed by atoms with van der Waals surface area (Å²) in [5.41, 5.74) is 0.299. The van der Waals surface area contributed by atoms with Gasteiger partial charge in [-0.3, -0.25) is 9.69 Å². The molecule has 2 aliphatic heterocycles. The number of likely N-dealkylation sites (tertiary alicyclic amines) is 1. The second-order valence-electron chi connectivity index (χ2n) is 8.75. The first-order valence-corrected chi connectivity index (χ1v) is 11.2. The van der Waals surface area contributed by atoms with Crippen LogP contribution in [0.1, 0.15) is 48.4 Å². The molecule has 4 rings (SSSR count). The fourth-order valence-electron chi connectivity index (χ4n) is 4.87. The van der Waals surface area contributed by atoms with Crippen molar-refractivity contribution < 1.29 is 22.7 Å². The summed E-state index contributed by atoms with van der Waals surface area (Å²) in [6.07, 6.45) is -1.16. The molecule has 32 heavy (non-hydrogen) atoms. The Bertz CT molecular complexity index is 905. The van der Waals surface area contributed by atoms with Crippen LogP contribution in [0.4, 0.5) is 13.2 Å². The van der Waals surface area contributed by atoms with E-state index < -0.39 is 23.2 Å². The van der Waals surface area contributed by atoms with Crippen LogP contribution < -0.4 is 5.32 Å². The Kier molecular flexibility index (Phi) is 6.86. The summed E-state index contributed by atoms with van der Waals surface area (Å²) in [4.78, 5) is 15.6. The van der Waals surface area contributed by atoms with E-state index in [4.69, 9.17) is 4.74 Å². The van der Waals surface area contributed by atoms with Gasteiger partial charge in [0, 0.05) is 25.2 Å². The van der Waals surface area contributed by atoms with Crippen molar-refractivity contribution in [1.82, 2.24) is 10.2 Å². The van der Waals surface area contributed by atoms with Crippen molar-refractivity contribution >= 4 is 5.91 Å². The van der Waals surface area contributed by atoms with Crippen LogP contribution in [0, 0.1) is 0 Å². The molecule has 2 aromatic carbocycles. The molecule has 2 saturated heterocycles. The lowest BCUT2D eigenvalue weighted by atomic mass is 9.73. The molecule has 2 fully saturated rings. The van der Waals surface area contributed by atoms with Crippen LogP contribution in [0.5, 0.6) is 0 Å². The minimum absolute atomic E-state index is 0.101. The van der Waals surface area contributed by atoms with Gasteiger partial charge in [-0.2, -0.15) is 13.2 Å². The van der Waals surface area contributed by atoms with Crippen molar-refractivity contribution in [1.29, 1.82) is 0 Å². The van der Waals surface area contributed by atoms with Crippen molar-refractivity contribution in [2.24, 2.45) is 0 Å². The Hall–Kier alpha value is -2.38. The minimum Gasteiger partial charge on any atom is -0.381 e. The summed E-state index contributed by atoms with van der Waals surface area (Å²) >= 11 is 0. The normalized spacial score (nSPS) is 20.1. The second kappa shape index (κ2) is 9.63. The molecule has 2 aromatic rings. The van der Waals surface area contributed by atoms with Crippen LogP contribution >= 0.6 is 0 Å². The molecule has 1 N–H and O–H groups in total. The average molecular weight is 447 g/mol. The predicted molar refractivity (Wildman–Crippen MR) is 116 cm³/mol. The number of rotatable bonds is 6. The minimum atomic E-state index is -4.40. The average Bonchev–Trinajstić information content (AvgIpc) is 3.33. The van der Waals surface area contributed by atoms with Gasteiger partial charge in [0.25, 0.3) is 0 Å². The summed E-state index contributed by atoms with van der Waals surface area (Å²) in [5.74, 6) is -0.101. The number of ether oxygens (including phenoxy) is 1. The third kappa shape index (κ3) is 4.99. The van der Waals surface area contributed by atoms with Crippen LogP contribution in [-0.4, -0.2) is 43.7 Å². The van der Waals surface area contributed by atoms with Gasteiger partial charge < -0.3 is 10.1 Å². The molecule has 1 amide bonds. The molecule has 0 bridgehead atoms. The van der Waals surface area contributed by atoms with Crippen LogP contribution in [0.2, 0.25) is 0 Å². The quantitative estimate of drug-likeness (QED) is 0.699. The number of halogens is 3. The largest absolute Gasteiger partial charge is 0.416 e. The van der Waals surface area contributed by atoms with Crippen LogP contribution in [0.15, 0.2) is 54.6 Å². The van der Waals surface area contributed by atoms with Gasteiger partial charge in [-0.25, -0.2) is 0 Å². The maximum absolute atomic E-state index is 13.4. The fourth-order valence-corrected chi connectivity index (χ4v) is 4.87. The lowest BCUT2D eigenvalue weighted by Gasteiger charge is -2.39. The number of benzene rings is 2. The zero-order chi connectivity index (χ0) is 22.6. The highest BCUT2D eigenvalue weighted by molar-refractivity contribution is 5.83. The highest BCUT2D eigenvalue weighted by Crippen LogP contribution is 2.38. The lowest BCUT2D eigenvalue weighted by molar-refractivity contribution is -0.137. The van der Waals surface area contributed by atoms with Gasteiger partial charge in [0.2, 0.25) is 5.91 Å². The van der Waals surface area contributed by atoms with Crippen LogP contribution in [0.3, 0.4) is 0 Å². The highest BCUT2D eigenvalue weighted by Gasteiger charge is 2.39. The number of nitrogens with one attached hydrogen (secondary N) is 1. The van der Waals surface area contributed by atoms with E-state index in [2.05, 4.69) is 10.2 Å². The van der Waals surface area contributed by atoms with Gasteiger partial charge in [-0.15, -0.1) is 0 Å². The van der Waals surface area contributed by atoms with Crippen LogP contribution in [-0.2, 0) is 21.1 Å². The molecule has 0 spiro atoms. The molecular formula is C25H29F3N2O2. The smallest absolute Gasteiger partial charge is 0.381 e. The van der Waals surface area contributed by atoms with E-state index in [9.17, 15) is 18.0 Å². The molecule has 2 heterocycles. The van der Waals surface area contributed by atoms with Gasteiger partial charge >= 0.3 is 6.18 Å². The number of carbonyl (C=O) groups excluding carboxylic acids is 1. The topological polar surface area (TPSA) is 41.6 Å². The number of alkyl halides is 3. The van der Waals surface area contributed by atoms with Gasteiger partial charge in [0.15, 0.2) is 0 Å². The van der Waals surface area contributed by atoms with Crippen molar-refractivity contribution in [3.05, 3.63) is 71.3 Å². The Morgan fingerprint density at radius 3 is 2.38 bits per heavy atom. The first-order chi connectivity index (χ1) is 15.4. The molecule has 1 unspecified atom stereocenters. The van der Waals surface area contributed by atoms with E-state index in [-0.39, 0.29) is 12.5 Å². The Morgan fingerprint density at radius 2 is 1.72 bits per heavy atom. The third-order valence-corrected chi connectivity index (χ3v) is 6.72. The summed E-state index contributed by atoms with van der Waals surface area (Å²) < 4.78 is 45.5. The van der Waals surface area contributed by atoms with Crippen molar-refractivity contribution in [2.75, 3.05) is 32.8 Å². The maximum atomic E-state index is 13.4. The molecule has 1 atom stereocenters. The summed E-state index contributed by atoms with van der Waals surface area (Å²) in [5, 5.41) is 3.11. The third-order valence-electron chi connectivity index (χ3n) is 6.72. The number of hydrogen-bond donors (Lipinski definition) is 1. The standard InChI is InChI=1S/C25H29F3N2O2/c26-25(27,28)21-10-6-9-20(17-21)24(11-15-32-16-12-24)18-29-23(31)22(30-13-4-5-14-30)19-7-2-1-3-8-19/h1-3,6-10,17,22H,4-5,11-16,18H2,(H,29,31). The van der Waals surface area contributed by atoms with E-state index >= 15 is 0 Å². The number of hydrogen-bond acceptors (Lipinski definition) is 3. The Labute approximate surface area is 186 Å². The van der Waals surface area contributed by atoms with Gasteiger partial charge in [-0.1, -0.05) is 48.5 Å². The first kappa shape index (κ1) is 22.8. The molecule has 0 aliphatic carbocycles. The summed E-state index contributed by atoms with van der Waals surface area (Å²) in [6, 6.07) is 14.8. The van der Waals surface area contributed by atoms with Crippen molar-refractivity contribution in [3.8, 4) is 0 Å². The van der Waals surface area contributed by atoms with Gasteiger partial charge in [-0.05, 0) is 56.0 Å². The fraction of sp³-hybridized carbons (Fsp3) is 0.480. The number of carbonyl (C=O) groups is 1. The highest BCUT2D eigenvalue weighted by atomic mass is 19.4. The SMILES string of the molecule is O=C(NCC1(c2cccc(C(F)(F)F)c2)CCOCC1)C(c1ccccc1)N1CCCC1. The molecule has 4 nitrogen and oxygen atoms in total. The zero-order valence-electron chi connectivity index (χ0n) is 18.0. The summed E-state index contributed by atoms with van der Waals surface area (Å²) in [6.45, 7) is 2.92. The molecule has 172 valence electrons. The zero-order valence-corrected chi connectivity index (χ0v) is 18.0. The second-order valence-corrected chi connectivity index (χ2v) is 8.75. The van der Waals surface area contributed by atoms with E-state index in [1.807, 2.05) is 30.3 Å². The van der Waals surface area contributed by atoms with E-state index in [0.29, 0.717) is 31.6 Å². The van der Waals surface area contributed by atoms with Crippen LogP contribution in [0.25, 0.3) is 0 Å². The van der Waals surface area contributed by atoms with Crippen molar-refractivity contribution in [3.63, 3.8) is 0 Å². The molecular weight excluding hydrogens is 417 g/mol. The predicted octanol–water partition coefficient (Wildman–Crippen LogP) is 4.71. The number of amides is 1. The van der Waals surface area contributed by atoms with E-state index in [1.165, 1.54) is 12.1 Å². The monoisotopic (exact) mass is 446 g/mol. The van der Waals surface area contributed by atoms with E-state index in [1.54, 1.807) is 6.07 Å². The number of nitrogens with zero attached hydrogens (tertiary/aromatic N) is 1. The lowest BCUT2D eigenvalue weighted by Crippen LogP contribution is -2.48. The Morgan fingerprint density at radius 1 is 1.03 bits per heavy atom. The molecule has 0 aromatic heterocycles. The molecule has 2 aliphatic rings.